The summed E-state index contributed by atoms with van der Waals surface area (Å²) in [5.41, 5.74) is 4.67. The van der Waals surface area contributed by atoms with E-state index < -0.39 is 0 Å². The summed E-state index contributed by atoms with van der Waals surface area (Å²) < 4.78 is 0. The molecule has 0 saturated heterocycles. The van der Waals surface area contributed by atoms with Crippen LogP contribution in [-0.2, 0) is 4.79 Å². The molecule has 2 N–H and O–H groups in total. The van der Waals surface area contributed by atoms with Crippen LogP contribution in [0.2, 0.25) is 0 Å². The first kappa shape index (κ1) is 26.2. The lowest BCUT2D eigenvalue weighted by molar-refractivity contribution is -0.115. The van der Waals surface area contributed by atoms with Crippen LogP contribution in [0.3, 0.4) is 0 Å². The number of nitrogens with one attached hydrogen (secondary N) is 2. The van der Waals surface area contributed by atoms with Gasteiger partial charge in [0.2, 0.25) is 5.91 Å². The zero-order chi connectivity index (χ0) is 26.6. The van der Waals surface area contributed by atoms with Gasteiger partial charge < -0.3 is 10.6 Å². The predicted octanol–water partition coefficient (Wildman–Crippen LogP) is 7.82. The van der Waals surface area contributed by atoms with Crippen molar-refractivity contribution in [2.45, 2.75) is 53.5 Å². The van der Waals surface area contributed by atoms with Gasteiger partial charge in [-0.05, 0) is 62.2 Å². The molecule has 3 amide bonds. The summed E-state index contributed by atoms with van der Waals surface area (Å²) in [6.45, 7) is 6.06. The Bertz CT molecular complexity index is 1420. The van der Waals surface area contributed by atoms with E-state index in [1.54, 1.807) is 11.8 Å². The highest BCUT2D eigenvalue weighted by Gasteiger charge is 2.36. The number of thioether (sulfide) groups is 2. The third-order valence-corrected chi connectivity index (χ3v) is 9.29. The summed E-state index contributed by atoms with van der Waals surface area (Å²) in [6, 6.07) is 21.5. The molecule has 38 heavy (non-hydrogen) atoms. The summed E-state index contributed by atoms with van der Waals surface area (Å²) >= 11 is 3.29. The maximum Gasteiger partial charge on any atom is 0.326 e. The van der Waals surface area contributed by atoms with Crippen LogP contribution in [0.1, 0.15) is 24.5 Å². The SMILES string of the molecule is CCC(Sc1cccc(NC(=O)N2c3ccccc3SC3C=CC=CC32)c1)C(=O)Nc1ccc(C)cc1C. The molecule has 1 heterocycles. The van der Waals surface area contributed by atoms with Crippen molar-refractivity contribution in [2.75, 3.05) is 15.5 Å². The molecular weight excluding hydrogens is 510 g/mol. The Labute approximate surface area is 232 Å². The van der Waals surface area contributed by atoms with Gasteiger partial charge in [0.15, 0.2) is 0 Å². The first-order valence-corrected chi connectivity index (χ1v) is 14.5. The van der Waals surface area contributed by atoms with Gasteiger partial charge in [0.05, 0.1) is 22.2 Å². The first-order chi connectivity index (χ1) is 18.4. The highest BCUT2D eigenvalue weighted by Crippen LogP contribution is 2.43. The van der Waals surface area contributed by atoms with Crippen molar-refractivity contribution in [1.82, 2.24) is 0 Å². The number of hydrogen-bond acceptors (Lipinski definition) is 4. The molecule has 1 aliphatic carbocycles. The summed E-state index contributed by atoms with van der Waals surface area (Å²) in [7, 11) is 0. The van der Waals surface area contributed by atoms with Crippen LogP contribution < -0.4 is 15.5 Å². The van der Waals surface area contributed by atoms with E-state index in [0.29, 0.717) is 12.1 Å². The van der Waals surface area contributed by atoms with Crippen LogP contribution in [0, 0.1) is 13.8 Å². The fourth-order valence-electron chi connectivity index (χ4n) is 4.71. The van der Waals surface area contributed by atoms with E-state index in [0.717, 1.165) is 26.7 Å². The second-order valence-electron chi connectivity index (χ2n) is 9.46. The third kappa shape index (κ3) is 5.69. The predicted molar refractivity (Wildman–Crippen MR) is 161 cm³/mol. The number of carbonyl (C=O) groups is 2. The van der Waals surface area contributed by atoms with Gasteiger partial charge in [0.1, 0.15) is 0 Å². The van der Waals surface area contributed by atoms with Gasteiger partial charge in [-0.25, -0.2) is 4.79 Å². The van der Waals surface area contributed by atoms with Crippen LogP contribution in [0.15, 0.2) is 101 Å². The number of para-hydroxylation sites is 1. The number of urea groups is 1. The van der Waals surface area contributed by atoms with Crippen molar-refractivity contribution in [3.8, 4) is 0 Å². The minimum atomic E-state index is -0.257. The molecule has 3 aromatic carbocycles. The molecule has 0 radical (unpaired) electrons. The maximum atomic E-state index is 13.6. The number of aryl methyl sites for hydroxylation is 2. The molecule has 0 bridgehead atoms. The second kappa shape index (κ2) is 11.5. The number of rotatable bonds is 6. The summed E-state index contributed by atoms with van der Waals surface area (Å²) in [5, 5.41) is 6.10. The minimum Gasteiger partial charge on any atom is -0.325 e. The first-order valence-electron chi connectivity index (χ1n) is 12.8. The molecular formula is C31H31N3O2S2. The monoisotopic (exact) mass is 541 g/mol. The number of allylic oxidation sites excluding steroid dienone is 2. The number of hydrogen-bond donors (Lipinski definition) is 2. The zero-order valence-electron chi connectivity index (χ0n) is 21.7. The third-order valence-electron chi connectivity index (χ3n) is 6.63. The van der Waals surface area contributed by atoms with Gasteiger partial charge in [-0.2, -0.15) is 0 Å². The number of carbonyl (C=O) groups excluding carboxylic acids is 2. The largest absolute Gasteiger partial charge is 0.326 e. The minimum absolute atomic E-state index is 0.0236. The van der Waals surface area contributed by atoms with Crippen molar-refractivity contribution >= 4 is 52.5 Å². The smallest absolute Gasteiger partial charge is 0.325 e. The molecule has 1 aliphatic heterocycles. The van der Waals surface area contributed by atoms with Gasteiger partial charge in [0, 0.05) is 21.2 Å². The number of amides is 3. The fourth-order valence-corrected chi connectivity index (χ4v) is 6.98. The van der Waals surface area contributed by atoms with E-state index in [-0.39, 0.29) is 28.5 Å². The van der Waals surface area contributed by atoms with Crippen molar-refractivity contribution in [1.29, 1.82) is 0 Å². The highest BCUT2D eigenvalue weighted by atomic mass is 32.2. The molecule has 3 atom stereocenters. The molecule has 0 spiro atoms. The fraction of sp³-hybridized carbons (Fsp3) is 0.226. The Balaban J connectivity index is 1.30. The molecule has 0 saturated carbocycles. The molecule has 5 rings (SSSR count). The average molecular weight is 542 g/mol. The number of fused-ring (bicyclic) bond motifs is 2. The second-order valence-corrected chi connectivity index (χ2v) is 12.0. The molecule has 3 unspecified atom stereocenters. The topological polar surface area (TPSA) is 61.4 Å². The van der Waals surface area contributed by atoms with Crippen LogP contribution in [0.5, 0.6) is 0 Å². The van der Waals surface area contributed by atoms with E-state index in [1.165, 1.54) is 17.3 Å². The highest BCUT2D eigenvalue weighted by molar-refractivity contribution is 8.00. The van der Waals surface area contributed by atoms with Crippen LogP contribution in [0.25, 0.3) is 0 Å². The normalized spacial score (nSPS) is 18.3. The number of benzene rings is 3. The average Bonchev–Trinajstić information content (AvgIpc) is 2.92. The van der Waals surface area contributed by atoms with Crippen LogP contribution >= 0.6 is 23.5 Å². The summed E-state index contributed by atoms with van der Waals surface area (Å²) in [6.07, 6.45) is 8.96. The Hall–Kier alpha value is -3.42. The number of anilines is 3. The van der Waals surface area contributed by atoms with Crippen LogP contribution in [-0.4, -0.2) is 28.5 Å². The number of nitrogens with zero attached hydrogens (tertiary/aromatic N) is 1. The van der Waals surface area contributed by atoms with Gasteiger partial charge in [0.25, 0.3) is 0 Å². The Morgan fingerprint density at radius 3 is 2.61 bits per heavy atom. The Morgan fingerprint density at radius 2 is 1.79 bits per heavy atom. The van der Waals surface area contributed by atoms with E-state index in [2.05, 4.69) is 34.9 Å². The lowest BCUT2D eigenvalue weighted by Crippen LogP contribution is -2.49. The van der Waals surface area contributed by atoms with Gasteiger partial charge >= 0.3 is 6.03 Å². The Morgan fingerprint density at radius 1 is 0.974 bits per heavy atom. The zero-order valence-corrected chi connectivity index (χ0v) is 23.3. The lowest BCUT2D eigenvalue weighted by atomic mass is 10.1. The van der Waals surface area contributed by atoms with Crippen molar-refractivity contribution in [3.05, 3.63) is 102 Å². The van der Waals surface area contributed by atoms with E-state index in [9.17, 15) is 9.59 Å². The Kier molecular flexibility index (Phi) is 7.95. The van der Waals surface area contributed by atoms with E-state index in [4.69, 9.17) is 0 Å². The summed E-state index contributed by atoms with van der Waals surface area (Å²) in [5.74, 6) is -0.0236. The van der Waals surface area contributed by atoms with Crippen molar-refractivity contribution < 1.29 is 9.59 Å². The quantitative estimate of drug-likeness (QED) is 0.312. The standard InChI is InChI=1S/C31H31N3O2S2/c1-4-27(30(35)33-24-17-16-20(2)18-21(24)3)37-23-11-9-10-22(19-23)32-31(36)34-25-12-5-7-14-28(25)38-29-15-8-6-13-26(29)34/h5-19,25,27-28H,4H2,1-3H3,(H,32,36)(H,33,35). The summed E-state index contributed by atoms with van der Waals surface area (Å²) in [4.78, 5) is 30.6. The van der Waals surface area contributed by atoms with E-state index >= 15 is 0 Å². The van der Waals surface area contributed by atoms with Gasteiger partial charge in [-0.15, -0.1) is 23.5 Å². The molecule has 0 aromatic heterocycles. The van der Waals surface area contributed by atoms with Gasteiger partial charge in [-0.3, -0.25) is 9.69 Å². The molecule has 3 aromatic rings. The van der Waals surface area contributed by atoms with Crippen molar-refractivity contribution in [3.63, 3.8) is 0 Å². The van der Waals surface area contributed by atoms with E-state index in [1.807, 2.05) is 92.4 Å². The molecule has 7 heteroatoms. The molecule has 0 fully saturated rings. The molecule has 194 valence electrons. The maximum absolute atomic E-state index is 13.6. The van der Waals surface area contributed by atoms with Crippen LogP contribution in [0.4, 0.5) is 21.9 Å². The van der Waals surface area contributed by atoms with Gasteiger partial charge in [-0.1, -0.05) is 67.1 Å². The van der Waals surface area contributed by atoms with Crippen molar-refractivity contribution in [2.24, 2.45) is 0 Å². The molecule has 2 aliphatic rings. The molecule has 5 nitrogen and oxygen atoms in total. The lowest BCUT2D eigenvalue weighted by Gasteiger charge is -2.40.